The lowest BCUT2D eigenvalue weighted by molar-refractivity contribution is 0.0979. The van der Waals surface area contributed by atoms with Crippen LogP contribution >= 0.6 is 68.0 Å². The van der Waals surface area contributed by atoms with E-state index in [1.165, 1.54) is 136 Å². The highest BCUT2D eigenvalue weighted by Gasteiger charge is 2.28. The van der Waals surface area contributed by atoms with Crippen molar-refractivity contribution in [1.29, 1.82) is 0 Å². The molecular formula is C50H61FOS6. The fourth-order valence-corrected chi connectivity index (χ4v) is 16.2. The van der Waals surface area contributed by atoms with Crippen molar-refractivity contribution < 1.29 is 9.18 Å². The minimum atomic E-state index is -0.303. The van der Waals surface area contributed by atoms with Crippen molar-refractivity contribution in [1.82, 2.24) is 0 Å². The molecule has 7 aromatic rings. The van der Waals surface area contributed by atoms with E-state index in [0.717, 1.165) is 58.4 Å². The maximum absolute atomic E-state index is 16.2. The summed E-state index contributed by atoms with van der Waals surface area (Å²) >= 11 is 10.9. The normalized spacial score (nSPS) is 13.2. The highest BCUT2D eigenvalue weighted by molar-refractivity contribution is 7.32. The predicted molar refractivity (Wildman–Crippen MR) is 264 cm³/mol. The van der Waals surface area contributed by atoms with E-state index < -0.39 is 0 Å². The van der Waals surface area contributed by atoms with E-state index in [2.05, 4.69) is 77.9 Å². The molecule has 6 aromatic heterocycles. The number of thiophene rings is 6. The first-order valence-corrected chi connectivity index (χ1v) is 27.0. The molecule has 0 N–H and O–H groups in total. The molecule has 0 saturated heterocycles. The third-order valence-corrected chi connectivity index (χ3v) is 19.2. The lowest BCUT2D eigenvalue weighted by Gasteiger charge is -2.13. The van der Waals surface area contributed by atoms with Crippen LogP contribution < -0.4 is 0 Å². The third-order valence-electron chi connectivity index (χ3n) is 12.1. The van der Waals surface area contributed by atoms with Gasteiger partial charge in [-0.3, -0.25) is 4.79 Å². The van der Waals surface area contributed by atoms with Crippen LogP contribution in [0.25, 0.3) is 60.9 Å². The molecular weight excluding hydrogens is 828 g/mol. The zero-order valence-corrected chi connectivity index (χ0v) is 40.6. The van der Waals surface area contributed by atoms with Gasteiger partial charge in [0.15, 0.2) is 11.6 Å². The standard InChI is InChI=1S/C50H61FOS6/c1-8-13-16-17-18-21-38(52)48-45(51)42-31(7)54-49(50(42)58-48)41-29-37-44(40-25-23-35(56-40)28-33(12-5)20-15-10-3)46-36(26-30(6)53-46)43(47(37)57-41)39-24-22-34(55-39)27-32(11-4)19-14-9-2/h22-26,29,32-33H,8-21,27-28H2,1-7H3. The molecule has 0 spiro atoms. The van der Waals surface area contributed by atoms with E-state index in [1.807, 2.05) is 52.3 Å². The second-order valence-electron chi connectivity index (χ2n) is 16.5. The fourth-order valence-electron chi connectivity index (χ4n) is 8.67. The first kappa shape index (κ1) is 43.9. The van der Waals surface area contributed by atoms with Crippen LogP contribution in [0.3, 0.4) is 0 Å². The van der Waals surface area contributed by atoms with Gasteiger partial charge in [-0.15, -0.1) is 68.0 Å². The van der Waals surface area contributed by atoms with Crippen molar-refractivity contribution in [3.8, 4) is 30.6 Å². The summed E-state index contributed by atoms with van der Waals surface area (Å²) in [5.74, 6) is 1.11. The predicted octanol–water partition coefficient (Wildman–Crippen LogP) is 19.3. The number of unbranched alkanes of at least 4 members (excludes halogenated alkanes) is 6. The highest BCUT2D eigenvalue weighted by Crippen LogP contribution is 2.55. The largest absolute Gasteiger partial charge is 0.293 e. The Bertz CT molecular complexity index is 2350. The number of halogens is 1. The van der Waals surface area contributed by atoms with Crippen LogP contribution in [-0.4, -0.2) is 5.78 Å². The Morgan fingerprint density at radius 3 is 1.76 bits per heavy atom. The molecule has 8 heteroatoms. The monoisotopic (exact) mass is 888 g/mol. The summed E-state index contributed by atoms with van der Waals surface area (Å²) in [6.07, 6.45) is 18.2. The SMILES string of the molecule is CCCCCCCC(=O)c1sc2c(-c3cc4c(-c5ccc(CC(CC)CCCC)s5)c5sc(C)cc5c(-c5ccc(CC(CC)CCCC)s5)c4s3)sc(C)c2c1F. The fraction of sp³-hybridized carbons (Fsp3) is 0.500. The van der Waals surface area contributed by atoms with Crippen molar-refractivity contribution in [3.05, 3.63) is 66.6 Å². The van der Waals surface area contributed by atoms with Crippen molar-refractivity contribution >= 4 is 104 Å². The smallest absolute Gasteiger partial charge is 0.175 e. The van der Waals surface area contributed by atoms with Crippen molar-refractivity contribution in [2.45, 2.75) is 151 Å². The molecule has 0 saturated carbocycles. The Kier molecular flexibility index (Phi) is 15.2. The summed E-state index contributed by atoms with van der Waals surface area (Å²) in [5.41, 5.74) is 2.71. The molecule has 6 heterocycles. The van der Waals surface area contributed by atoms with Gasteiger partial charge in [0, 0.05) is 77.2 Å². The Hall–Kier alpha value is -2.20. The van der Waals surface area contributed by atoms with Crippen LogP contribution in [0.15, 0.2) is 36.4 Å². The minimum absolute atomic E-state index is 0.0379. The van der Waals surface area contributed by atoms with E-state index in [-0.39, 0.29) is 11.6 Å². The number of hydrogen-bond donors (Lipinski definition) is 0. The molecule has 0 radical (unpaired) electrons. The number of benzene rings is 1. The lowest BCUT2D eigenvalue weighted by atomic mass is 9.95. The van der Waals surface area contributed by atoms with Gasteiger partial charge in [-0.1, -0.05) is 112 Å². The zero-order valence-electron chi connectivity index (χ0n) is 35.7. The van der Waals surface area contributed by atoms with Crippen molar-refractivity contribution in [3.63, 3.8) is 0 Å². The molecule has 1 aromatic carbocycles. The second kappa shape index (κ2) is 20.1. The Morgan fingerprint density at radius 2 is 1.17 bits per heavy atom. The van der Waals surface area contributed by atoms with Crippen LogP contribution in [0.5, 0.6) is 0 Å². The van der Waals surface area contributed by atoms with Gasteiger partial charge in [-0.2, -0.15) is 0 Å². The van der Waals surface area contributed by atoms with Gasteiger partial charge >= 0.3 is 0 Å². The summed E-state index contributed by atoms with van der Waals surface area (Å²) < 4.78 is 19.9. The molecule has 58 heavy (non-hydrogen) atoms. The van der Waals surface area contributed by atoms with Crippen LogP contribution in [0.4, 0.5) is 4.39 Å². The van der Waals surface area contributed by atoms with E-state index in [4.69, 9.17) is 0 Å². The molecule has 0 aliphatic rings. The minimum Gasteiger partial charge on any atom is -0.293 e. The summed E-state index contributed by atoms with van der Waals surface area (Å²) in [6, 6.07) is 14.4. The van der Waals surface area contributed by atoms with Crippen molar-refractivity contribution in [2.75, 3.05) is 0 Å². The average molecular weight is 889 g/mol. The number of ketones is 1. The zero-order chi connectivity index (χ0) is 40.9. The second-order valence-corrected chi connectivity index (χ2v) is 23.4. The van der Waals surface area contributed by atoms with Crippen LogP contribution in [0.2, 0.25) is 0 Å². The van der Waals surface area contributed by atoms with Crippen LogP contribution in [0.1, 0.15) is 154 Å². The highest BCUT2D eigenvalue weighted by atomic mass is 32.1. The molecule has 1 nitrogen and oxygen atoms in total. The molecule has 2 unspecified atom stereocenters. The van der Waals surface area contributed by atoms with Crippen LogP contribution in [0, 0.1) is 31.5 Å². The number of Topliss-reactive ketones (excluding diaryl/α,β-unsaturated/α-hetero) is 1. The number of fused-ring (bicyclic) bond motifs is 3. The summed E-state index contributed by atoms with van der Waals surface area (Å²) in [6.45, 7) is 15.8. The number of hydrogen-bond acceptors (Lipinski definition) is 7. The molecule has 0 bridgehead atoms. The molecule has 0 aliphatic heterocycles. The first-order valence-electron chi connectivity index (χ1n) is 22.1. The van der Waals surface area contributed by atoms with Gasteiger partial charge in [0.05, 0.1) is 9.58 Å². The van der Waals surface area contributed by atoms with Crippen LogP contribution in [-0.2, 0) is 12.8 Å². The number of carbonyl (C=O) groups is 1. The van der Waals surface area contributed by atoms with Gasteiger partial charge < -0.3 is 0 Å². The van der Waals surface area contributed by atoms with Gasteiger partial charge in [-0.05, 0) is 81.3 Å². The maximum Gasteiger partial charge on any atom is 0.175 e. The quantitative estimate of drug-likeness (QED) is 0.0489. The van der Waals surface area contributed by atoms with Gasteiger partial charge in [0.25, 0.3) is 0 Å². The summed E-state index contributed by atoms with van der Waals surface area (Å²) in [5, 5.41) is 3.32. The van der Waals surface area contributed by atoms with E-state index >= 15 is 4.39 Å². The average Bonchev–Trinajstić information content (AvgIpc) is 4.08. The molecule has 7 rings (SSSR count). The lowest BCUT2D eigenvalue weighted by Crippen LogP contribution is -2.01. The Morgan fingerprint density at radius 1 is 0.603 bits per heavy atom. The van der Waals surface area contributed by atoms with Gasteiger partial charge in [0.2, 0.25) is 0 Å². The van der Waals surface area contributed by atoms with Gasteiger partial charge in [0.1, 0.15) is 4.88 Å². The topological polar surface area (TPSA) is 17.1 Å². The Labute approximate surface area is 370 Å². The molecule has 0 aliphatic carbocycles. The molecule has 0 amide bonds. The van der Waals surface area contributed by atoms with E-state index in [1.54, 1.807) is 11.3 Å². The molecule has 0 fully saturated rings. The van der Waals surface area contributed by atoms with E-state index in [0.29, 0.717) is 16.7 Å². The number of aryl methyl sites for hydroxylation is 2. The first-order chi connectivity index (χ1) is 28.2. The van der Waals surface area contributed by atoms with Crippen molar-refractivity contribution in [2.24, 2.45) is 11.8 Å². The number of rotatable bonds is 22. The van der Waals surface area contributed by atoms with Gasteiger partial charge in [-0.25, -0.2) is 4.39 Å². The third kappa shape index (κ3) is 9.33. The summed E-state index contributed by atoms with van der Waals surface area (Å²) in [4.78, 5) is 24.0. The summed E-state index contributed by atoms with van der Waals surface area (Å²) in [7, 11) is 0. The molecule has 310 valence electrons. The number of carbonyl (C=O) groups excluding carboxylic acids is 1. The van der Waals surface area contributed by atoms with E-state index in [9.17, 15) is 4.79 Å². The molecule has 2 atom stereocenters. The Balaban J connectivity index is 1.37. The maximum atomic E-state index is 16.2.